The molecular formula is C20H24ClO4P. The number of halogens is 1. The standard InChI is InChI=1S/C20H24ClO4P/c1-2-25-26(23,19-9-5-3-6-10-19)16-8-4-7-15-24-20(22)17-11-13-18(21)14-12-17/h3,5-6,9-14H,2,4,7-8,15-16H2,1H3. The van der Waals surface area contributed by atoms with Crippen LogP contribution >= 0.6 is 19.0 Å². The van der Waals surface area contributed by atoms with Gasteiger partial charge in [-0.25, -0.2) is 4.79 Å². The minimum atomic E-state index is -2.81. The first-order chi connectivity index (χ1) is 12.5. The summed E-state index contributed by atoms with van der Waals surface area (Å²) in [7, 11) is -2.81. The third-order valence-corrected chi connectivity index (χ3v) is 6.81. The SMILES string of the molecule is CCOP(=O)(CCCCCOC(=O)c1ccc(Cl)cc1)c1ccccc1. The maximum atomic E-state index is 13.0. The second kappa shape index (κ2) is 10.5. The average molecular weight is 395 g/mol. The van der Waals surface area contributed by atoms with E-state index in [1.165, 1.54) is 0 Å². The van der Waals surface area contributed by atoms with Gasteiger partial charge in [0.25, 0.3) is 0 Å². The molecule has 6 heteroatoms. The van der Waals surface area contributed by atoms with E-state index in [1.54, 1.807) is 24.3 Å². The summed E-state index contributed by atoms with van der Waals surface area (Å²) in [4.78, 5) is 11.9. The van der Waals surface area contributed by atoms with E-state index in [1.807, 2.05) is 37.3 Å². The fourth-order valence-corrected chi connectivity index (χ4v) is 4.91. The van der Waals surface area contributed by atoms with Gasteiger partial charge in [-0.3, -0.25) is 4.57 Å². The molecule has 1 unspecified atom stereocenters. The molecule has 0 aliphatic rings. The zero-order chi connectivity index (χ0) is 18.8. The average Bonchev–Trinajstić information content (AvgIpc) is 2.66. The van der Waals surface area contributed by atoms with E-state index >= 15 is 0 Å². The fourth-order valence-electron chi connectivity index (χ4n) is 2.56. The van der Waals surface area contributed by atoms with E-state index in [9.17, 15) is 9.36 Å². The summed E-state index contributed by atoms with van der Waals surface area (Å²) in [6, 6.07) is 15.9. The van der Waals surface area contributed by atoms with Crippen LogP contribution in [0.5, 0.6) is 0 Å². The van der Waals surface area contributed by atoms with E-state index in [4.69, 9.17) is 20.9 Å². The van der Waals surface area contributed by atoms with E-state index in [2.05, 4.69) is 0 Å². The number of unbranched alkanes of at least 4 members (excludes halogenated alkanes) is 2. The Morgan fingerprint density at radius 3 is 2.35 bits per heavy atom. The Bertz CT molecular complexity index is 731. The molecule has 0 radical (unpaired) electrons. The first-order valence-corrected chi connectivity index (χ1v) is 11.0. The summed E-state index contributed by atoms with van der Waals surface area (Å²) < 4.78 is 23.9. The Kier molecular flexibility index (Phi) is 8.37. The summed E-state index contributed by atoms with van der Waals surface area (Å²) in [5.74, 6) is -0.356. The molecule has 1 atom stereocenters. The van der Waals surface area contributed by atoms with Crippen LogP contribution in [0.2, 0.25) is 5.02 Å². The summed E-state index contributed by atoms with van der Waals surface area (Å²) in [5.41, 5.74) is 0.485. The molecule has 0 saturated carbocycles. The Morgan fingerprint density at radius 1 is 1.00 bits per heavy atom. The van der Waals surface area contributed by atoms with Crippen LogP contribution in [0, 0.1) is 0 Å². The van der Waals surface area contributed by atoms with E-state index in [0.717, 1.165) is 24.6 Å². The number of hydrogen-bond acceptors (Lipinski definition) is 4. The summed E-state index contributed by atoms with van der Waals surface area (Å²) in [6.07, 6.45) is 2.79. The molecule has 0 spiro atoms. The van der Waals surface area contributed by atoms with Crippen LogP contribution < -0.4 is 5.30 Å². The van der Waals surface area contributed by atoms with Crippen LogP contribution in [0.4, 0.5) is 0 Å². The predicted molar refractivity (Wildman–Crippen MR) is 106 cm³/mol. The highest BCUT2D eigenvalue weighted by Gasteiger charge is 2.24. The van der Waals surface area contributed by atoms with Crippen LogP contribution in [0.25, 0.3) is 0 Å². The van der Waals surface area contributed by atoms with Crippen molar-refractivity contribution in [3.8, 4) is 0 Å². The first kappa shape index (κ1) is 20.7. The molecule has 0 fully saturated rings. The molecule has 0 aliphatic heterocycles. The Labute approximate surface area is 159 Å². The summed E-state index contributed by atoms with van der Waals surface area (Å²) in [6.45, 7) is 2.61. The van der Waals surface area contributed by atoms with Crippen LogP contribution in [0.3, 0.4) is 0 Å². The Balaban J connectivity index is 1.73. The number of benzene rings is 2. The number of hydrogen-bond donors (Lipinski definition) is 0. The second-order valence-corrected chi connectivity index (χ2v) is 8.86. The van der Waals surface area contributed by atoms with Gasteiger partial charge in [0.2, 0.25) is 7.37 Å². The third-order valence-electron chi connectivity index (χ3n) is 3.90. The highest BCUT2D eigenvalue weighted by Crippen LogP contribution is 2.46. The lowest BCUT2D eigenvalue weighted by atomic mass is 10.2. The fraction of sp³-hybridized carbons (Fsp3) is 0.350. The van der Waals surface area contributed by atoms with Crippen LogP contribution in [0.1, 0.15) is 36.5 Å². The van der Waals surface area contributed by atoms with Crippen LogP contribution in [-0.2, 0) is 13.8 Å². The molecular weight excluding hydrogens is 371 g/mol. The molecule has 140 valence electrons. The molecule has 0 bridgehead atoms. The van der Waals surface area contributed by atoms with Gasteiger partial charge in [0, 0.05) is 16.5 Å². The highest BCUT2D eigenvalue weighted by atomic mass is 35.5. The Hall–Kier alpha value is -1.61. The summed E-state index contributed by atoms with van der Waals surface area (Å²) >= 11 is 5.80. The predicted octanol–water partition coefficient (Wildman–Crippen LogP) is 5.31. The molecule has 2 aromatic rings. The largest absolute Gasteiger partial charge is 0.462 e. The molecule has 0 aliphatic carbocycles. The minimum Gasteiger partial charge on any atom is -0.462 e. The quantitative estimate of drug-likeness (QED) is 0.311. The monoisotopic (exact) mass is 394 g/mol. The molecule has 0 aromatic heterocycles. The van der Waals surface area contributed by atoms with Gasteiger partial charge in [-0.2, -0.15) is 0 Å². The molecule has 26 heavy (non-hydrogen) atoms. The van der Waals surface area contributed by atoms with Gasteiger partial charge in [-0.15, -0.1) is 0 Å². The lowest BCUT2D eigenvalue weighted by Gasteiger charge is -2.18. The van der Waals surface area contributed by atoms with Gasteiger partial charge < -0.3 is 9.26 Å². The van der Waals surface area contributed by atoms with E-state index < -0.39 is 7.37 Å². The van der Waals surface area contributed by atoms with E-state index in [-0.39, 0.29) is 5.97 Å². The maximum absolute atomic E-state index is 13.0. The normalized spacial score (nSPS) is 13.2. The van der Waals surface area contributed by atoms with Crippen molar-refractivity contribution in [2.75, 3.05) is 19.4 Å². The smallest absolute Gasteiger partial charge is 0.338 e. The van der Waals surface area contributed by atoms with Gasteiger partial charge in [0.1, 0.15) is 0 Å². The zero-order valence-electron chi connectivity index (χ0n) is 14.9. The zero-order valence-corrected chi connectivity index (χ0v) is 16.5. The van der Waals surface area contributed by atoms with Gasteiger partial charge in [0.05, 0.1) is 18.8 Å². The molecule has 0 amide bonds. The molecule has 0 N–H and O–H groups in total. The second-order valence-electron chi connectivity index (χ2n) is 5.85. The maximum Gasteiger partial charge on any atom is 0.338 e. The number of carbonyl (C=O) groups is 1. The number of esters is 1. The number of ether oxygens (including phenoxy) is 1. The number of rotatable bonds is 10. The topological polar surface area (TPSA) is 52.6 Å². The Morgan fingerprint density at radius 2 is 1.69 bits per heavy atom. The molecule has 2 aromatic carbocycles. The molecule has 4 nitrogen and oxygen atoms in total. The molecule has 0 saturated heterocycles. The van der Waals surface area contributed by atoms with Crippen molar-refractivity contribution in [2.45, 2.75) is 26.2 Å². The molecule has 2 rings (SSSR count). The van der Waals surface area contributed by atoms with Crippen LogP contribution in [0.15, 0.2) is 54.6 Å². The first-order valence-electron chi connectivity index (χ1n) is 8.77. The van der Waals surface area contributed by atoms with Crippen molar-refractivity contribution in [3.05, 3.63) is 65.2 Å². The van der Waals surface area contributed by atoms with Gasteiger partial charge in [0.15, 0.2) is 0 Å². The van der Waals surface area contributed by atoms with Crippen molar-refractivity contribution in [3.63, 3.8) is 0 Å². The minimum absolute atomic E-state index is 0.339. The van der Waals surface area contributed by atoms with Crippen molar-refractivity contribution in [1.29, 1.82) is 0 Å². The molecule has 0 heterocycles. The van der Waals surface area contributed by atoms with Crippen molar-refractivity contribution in [2.24, 2.45) is 0 Å². The lowest BCUT2D eigenvalue weighted by molar-refractivity contribution is 0.0498. The van der Waals surface area contributed by atoms with Gasteiger partial charge in [-0.1, -0.05) is 29.8 Å². The van der Waals surface area contributed by atoms with Crippen LogP contribution in [-0.4, -0.2) is 25.3 Å². The van der Waals surface area contributed by atoms with Crippen molar-refractivity contribution >= 4 is 30.2 Å². The summed E-state index contributed by atoms with van der Waals surface area (Å²) in [5, 5.41) is 1.34. The highest BCUT2D eigenvalue weighted by molar-refractivity contribution is 7.67. The van der Waals surface area contributed by atoms with Crippen molar-refractivity contribution < 1.29 is 18.6 Å². The van der Waals surface area contributed by atoms with Gasteiger partial charge >= 0.3 is 5.97 Å². The van der Waals surface area contributed by atoms with Gasteiger partial charge in [-0.05, 0) is 62.6 Å². The van der Waals surface area contributed by atoms with E-state index in [0.29, 0.717) is 30.0 Å². The third kappa shape index (κ3) is 6.28. The van der Waals surface area contributed by atoms with Crippen molar-refractivity contribution in [1.82, 2.24) is 0 Å². The lowest BCUT2D eigenvalue weighted by Crippen LogP contribution is -2.11. The number of carbonyl (C=O) groups excluding carboxylic acids is 1.